The lowest BCUT2D eigenvalue weighted by Gasteiger charge is -2.09. The minimum atomic E-state index is 1.13. The highest BCUT2D eigenvalue weighted by molar-refractivity contribution is 5.64. The summed E-state index contributed by atoms with van der Waals surface area (Å²) in [6, 6.07) is 6.66. The van der Waals surface area contributed by atoms with Gasteiger partial charge in [0.25, 0.3) is 0 Å². The predicted molar refractivity (Wildman–Crippen MR) is 67.9 cm³/mol. The molecule has 1 heteroatoms. The molecule has 0 spiro atoms. The Bertz CT molecular complexity index is 330. The SMILES string of the molecule is CCC/C=C(/NC)c1cc(C)cc(C)c1. The molecule has 1 nitrogen and oxygen atoms in total. The molecule has 0 atom stereocenters. The number of rotatable bonds is 4. The number of hydrogen-bond acceptors (Lipinski definition) is 1. The molecule has 1 N–H and O–H groups in total. The fourth-order valence-corrected chi connectivity index (χ4v) is 1.78. The van der Waals surface area contributed by atoms with Crippen LogP contribution in [0.3, 0.4) is 0 Å². The van der Waals surface area contributed by atoms with Crippen LogP contribution in [0, 0.1) is 13.8 Å². The minimum Gasteiger partial charge on any atom is -0.388 e. The maximum atomic E-state index is 3.27. The molecule has 0 aliphatic heterocycles. The Kier molecular flexibility index (Phi) is 4.41. The Morgan fingerprint density at radius 1 is 1.20 bits per heavy atom. The lowest BCUT2D eigenvalue weighted by Crippen LogP contribution is -2.05. The van der Waals surface area contributed by atoms with Crippen LogP contribution in [0.4, 0.5) is 0 Å². The van der Waals surface area contributed by atoms with Gasteiger partial charge in [-0.3, -0.25) is 0 Å². The van der Waals surface area contributed by atoms with Gasteiger partial charge in [0, 0.05) is 12.7 Å². The molecule has 0 amide bonds. The van der Waals surface area contributed by atoms with E-state index in [0.717, 1.165) is 6.42 Å². The van der Waals surface area contributed by atoms with Gasteiger partial charge in [0.2, 0.25) is 0 Å². The molecule has 0 aromatic heterocycles. The molecule has 0 bridgehead atoms. The van der Waals surface area contributed by atoms with E-state index >= 15 is 0 Å². The first-order chi connectivity index (χ1) is 7.17. The first-order valence-corrected chi connectivity index (χ1v) is 5.64. The summed E-state index contributed by atoms with van der Waals surface area (Å²) in [5.74, 6) is 0. The molecule has 0 aliphatic rings. The first-order valence-electron chi connectivity index (χ1n) is 5.64. The molecule has 82 valence electrons. The highest BCUT2D eigenvalue weighted by atomic mass is 14.8. The van der Waals surface area contributed by atoms with E-state index in [1.807, 2.05) is 7.05 Å². The lowest BCUT2D eigenvalue weighted by molar-refractivity contribution is 0.949. The van der Waals surface area contributed by atoms with Gasteiger partial charge in [-0.25, -0.2) is 0 Å². The number of aryl methyl sites for hydroxylation is 2. The lowest BCUT2D eigenvalue weighted by atomic mass is 10.0. The van der Waals surface area contributed by atoms with Crippen molar-refractivity contribution in [3.05, 3.63) is 41.0 Å². The molecular weight excluding hydrogens is 182 g/mol. The zero-order valence-corrected chi connectivity index (χ0v) is 10.2. The van der Waals surface area contributed by atoms with Gasteiger partial charge in [-0.1, -0.05) is 36.6 Å². The second kappa shape index (κ2) is 5.59. The van der Waals surface area contributed by atoms with Crippen LogP contribution in [-0.2, 0) is 0 Å². The van der Waals surface area contributed by atoms with Crippen molar-refractivity contribution in [1.29, 1.82) is 0 Å². The maximum absolute atomic E-state index is 3.27. The van der Waals surface area contributed by atoms with Crippen molar-refractivity contribution in [1.82, 2.24) is 5.32 Å². The van der Waals surface area contributed by atoms with Gasteiger partial charge in [0.15, 0.2) is 0 Å². The molecule has 0 saturated carbocycles. The van der Waals surface area contributed by atoms with Crippen LogP contribution in [0.2, 0.25) is 0 Å². The molecule has 1 aromatic rings. The van der Waals surface area contributed by atoms with Crippen molar-refractivity contribution in [2.45, 2.75) is 33.6 Å². The number of unbranched alkanes of at least 4 members (excludes halogenated alkanes) is 1. The molecule has 0 heterocycles. The normalized spacial score (nSPS) is 11.6. The second-order valence-corrected chi connectivity index (χ2v) is 4.03. The van der Waals surface area contributed by atoms with Crippen LogP contribution in [-0.4, -0.2) is 7.05 Å². The second-order valence-electron chi connectivity index (χ2n) is 4.03. The average Bonchev–Trinajstić information content (AvgIpc) is 2.17. The molecule has 1 aromatic carbocycles. The van der Waals surface area contributed by atoms with E-state index in [0.29, 0.717) is 0 Å². The predicted octanol–water partition coefficient (Wildman–Crippen LogP) is 3.66. The van der Waals surface area contributed by atoms with Gasteiger partial charge in [-0.2, -0.15) is 0 Å². The quantitative estimate of drug-likeness (QED) is 0.787. The van der Waals surface area contributed by atoms with Crippen LogP contribution < -0.4 is 5.32 Å². The highest BCUT2D eigenvalue weighted by Gasteiger charge is 2.00. The molecule has 0 fully saturated rings. The number of benzene rings is 1. The van der Waals surface area contributed by atoms with Crippen LogP contribution in [0.1, 0.15) is 36.5 Å². The van der Waals surface area contributed by atoms with Crippen LogP contribution in [0.5, 0.6) is 0 Å². The van der Waals surface area contributed by atoms with E-state index in [1.54, 1.807) is 0 Å². The number of hydrogen-bond donors (Lipinski definition) is 1. The van der Waals surface area contributed by atoms with Gasteiger partial charge in [-0.05, 0) is 38.0 Å². The summed E-state index contributed by atoms with van der Waals surface area (Å²) in [6.07, 6.45) is 4.59. The van der Waals surface area contributed by atoms with Crippen LogP contribution >= 0.6 is 0 Å². The summed E-state index contributed by atoms with van der Waals surface area (Å²) < 4.78 is 0. The van der Waals surface area contributed by atoms with Crippen molar-refractivity contribution in [3.8, 4) is 0 Å². The van der Waals surface area contributed by atoms with Crippen molar-refractivity contribution < 1.29 is 0 Å². The van der Waals surface area contributed by atoms with Crippen molar-refractivity contribution >= 4 is 5.70 Å². The summed E-state index contributed by atoms with van der Waals surface area (Å²) in [5, 5.41) is 3.27. The summed E-state index contributed by atoms with van der Waals surface area (Å²) in [7, 11) is 1.99. The molecule has 0 saturated heterocycles. The van der Waals surface area contributed by atoms with E-state index in [9.17, 15) is 0 Å². The smallest absolute Gasteiger partial charge is 0.0370 e. The largest absolute Gasteiger partial charge is 0.388 e. The third kappa shape index (κ3) is 3.43. The van der Waals surface area contributed by atoms with Gasteiger partial charge in [0.05, 0.1) is 0 Å². The van der Waals surface area contributed by atoms with Gasteiger partial charge < -0.3 is 5.32 Å². The molecule has 0 radical (unpaired) electrons. The van der Waals surface area contributed by atoms with E-state index in [1.165, 1.54) is 28.8 Å². The van der Waals surface area contributed by atoms with Crippen LogP contribution in [0.15, 0.2) is 24.3 Å². The third-order valence-corrected chi connectivity index (χ3v) is 2.44. The molecule has 15 heavy (non-hydrogen) atoms. The summed E-state index contributed by atoms with van der Waals surface area (Å²) >= 11 is 0. The average molecular weight is 203 g/mol. The summed E-state index contributed by atoms with van der Waals surface area (Å²) in [6.45, 7) is 6.48. The summed E-state index contributed by atoms with van der Waals surface area (Å²) in [4.78, 5) is 0. The number of allylic oxidation sites excluding steroid dienone is 1. The molecular formula is C14H21N. The Morgan fingerprint density at radius 3 is 2.27 bits per heavy atom. The zero-order valence-electron chi connectivity index (χ0n) is 10.2. The monoisotopic (exact) mass is 203 g/mol. The van der Waals surface area contributed by atoms with E-state index < -0.39 is 0 Å². The standard InChI is InChI=1S/C14H21N/c1-5-6-7-14(15-4)13-9-11(2)8-12(3)10-13/h7-10,15H,5-6H2,1-4H3/b14-7+. The summed E-state index contributed by atoms with van der Waals surface area (Å²) in [5.41, 5.74) is 5.18. The molecule has 0 unspecified atom stereocenters. The van der Waals surface area contributed by atoms with Crippen LogP contribution in [0.25, 0.3) is 5.70 Å². The minimum absolute atomic E-state index is 1.13. The fourth-order valence-electron chi connectivity index (χ4n) is 1.78. The van der Waals surface area contributed by atoms with Crippen molar-refractivity contribution in [3.63, 3.8) is 0 Å². The van der Waals surface area contributed by atoms with E-state index in [4.69, 9.17) is 0 Å². The van der Waals surface area contributed by atoms with E-state index in [-0.39, 0.29) is 0 Å². The Hall–Kier alpha value is -1.24. The van der Waals surface area contributed by atoms with Gasteiger partial charge in [0.1, 0.15) is 0 Å². The van der Waals surface area contributed by atoms with Crippen molar-refractivity contribution in [2.75, 3.05) is 7.05 Å². The van der Waals surface area contributed by atoms with E-state index in [2.05, 4.69) is 50.4 Å². The Balaban J connectivity index is 3.01. The Labute approximate surface area is 93.2 Å². The van der Waals surface area contributed by atoms with Gasteiger partial charge in [-0.15, -0.1) is 0 Å². The third-order valence-electron chi connectivity index (χ3n) is 2.44. The van der Waals surface area contributed by atoms with Crippen molar-refractivity contribution in [2.24, 2.45) is 0 Å². The van der Waals surface area contributed by atoms with Gasteiger partial charge >= 0.3 is 0 Å². The Morgan fingerprint density at radius 2 is 1.80 bits per heavy atom. The zero-order chi connectivity index (χ0) is 11.3. The first kappa shape index (κ1) is 11.8. The molecule has 1 rings (SSSR count). The molecule has 0 aliphatic carbocycles. The topological polar surface area (TPSA) is 12.0 Å². The fraction of sp³-hybridized carbons (Fsp3) is 0.429. The highest BCUT2D eigenvalue weighted by Crippen LogP contribution is 2.16. The number of nitrogens with one attached hydrogen (secondary N) is 1. The maximum Gasteiger partial charge on any atom is 0.0370 e.